The van der Waals surface area contributed by atoms with Crippen LogP contribution in [0, 0.1) is 0 Å². The summed E-state index contributed by atoms with van der Waals surface area (Å²) in [5.41, 5.74) is 11.6. The zero-order chi connectivity index (χ0) is 14.5. The Balaban J connectivity index is 3.58. The molecule has 1 aromatic rings. The second kappa shape index (κ2) is 6.72. The molecule has 102 valence electrons. The Labute approximate surface area is 119 Å². The van der Waals surface area contributed by atoms with E-state index in [0.29, 0.717) is 0 Å². The summed E-state index contributed by atoms with van der Waals surface area (Å²) in [6.45, 7) is 13.2. The lowest BCUT2D eigenvalue weighted by Crippen LogP contribution is -2.44. The van der Waals surface area contributed by atoms with E-state index in [9.17, 15) is 0 Å². The van der Waals surface area contributed by atoms with Gasteiger partial charge in [-0.05, 0) is 46.7 Å². The van der Waals surface area contributed by atoms with Crippen LogP contribution in [-0.2, 0) is 0 Å². The standard InChI is InChI=1S/C18H26Si/c1-15(2)12-19(13-16(3)4,14-17(5)6)18-10-8-7-9-11-18/h7-14H,1-6H3. The highest BCUT2D eigenvalue weighted by Crippen LogP contribution is 2.17. The molecule has 0 aliphatic rings. The largest absolute Gasteiger partial charge is 0.157 e. The lowest BCUT2D eigenvalue weighted by atomic mass is 10.4. The van der Waals surface area contributed by atoms with Crippen molar-refractivity contribution in [1.82, 2.24) is 0 Å². The molecule has 0 spiro atoms. The first-order chi connectivity index (χ1) is 8.85. The van der Waals surface area contributed by atoms with Crippen LogP contribution >= 0.6 is 0 Å². The third-order valence-electron chi connectivity index (χ3n) is 2.86. The van der Waals surface area contributed by atoms with Crippen LogP contribution in [-0.4, -0.2) is 8.07 Å². The lowest BCUT2D eigenvalue weighted by Gasteiger charge is -2.24. The Kier molecular flexibility index (Phi) is 5.55. The Morgan fingerprint density at radius 3 is 1.37 bits per heavy atom. The van der Waals surface area contributed by atoms with E-state index in [0.717, 1.165) is 0 Å². The third-order valence-corrected chi connectivity index (χ3v) is 7.35. The average molecular weight is 270 g/mol. The summed E-state index contributed by atoms with van der Waals surface area (Å²) >= 11 is 0. The van der Waals surface area contributed by atoms with Gasteiger partial charge in [0.2, 0.25) is 0 Å². The molecule has 0 nitrogen and oxygen atoms in total. The molecule has 19 heavy (non-hydrogen) atoms. The molecule has 1 heteroatoms. The summed E-state index contributed by atoms with van der Waals surface area (Å²) in [5.74, 6) is 0. The molecule has 0 aliphatic heterocycles. The van der Waals surface area contributed by atoms with Gasteiger partial charge in [0.05, 0.1) is 0 Å². The normalized spacial score (nSPS) is 10.6. The molecule has 0 saturated heterocycles. The van der Waals surface area contributed by atoms with E-state index in [-0.39, 0.29) is 0 Å². The number of rotatable bonds is 4. The van der Waals surface area contributed by atoms with Crippen LogP contribution in [0.4, 0.5) is 0 Å². The second-order valence-corrected chi connectivity index (χ2v) is 9.27. The minimum atomic E-state index is -1.85. The molecule has 0 bridgehead atoms. The van der Waals surface area contributed by atoms with Gasteiger partial charge in [-0.3, -0.25) is 0 Å². The molecule has 0 fully saturated rings. The molecular formula is C18H26Si. The maximum Gasteiger partial charge on any atom is 0.157 e. The highest BCUT2D eigenvalue weighted by molar-refractivity contribution is 7.03. The molecule has 0 aliphatic carbocycles. The van der Waals surface area contributed by atoms with Gasteiger partial charge in [0.15, 0.2) is 8.07 Å². The highest BCUT2D eigenvalue weighted by atomic mass is 28.3. The Morgan fingerprint density at radius 1 is 0.684 bits per heavy atom. The smallest absolute Gasteiger partial charge is 0.0840 e. The van der Waals surface area contributed by atoms with Gasteiger partial charge in [0.1, 0.15) is 0 Å². The van der Waals surface area contributed by atoms with Crippen molar-refractivity contribution in [3.63, 3.8) is 0 Å². The van der Waals surface area contributed by atoms with Crippen LogP contribution in [0.5, 0.6) is 0 Å². The molecule has 0 atom stereocenters. The van der Waals surface area contributed by atoms with Gasteiger partial charge in [0, 0.05) is 0 Å². The van der Waals surface area contributed by atoms with Gasteiger partial charge in [-0.15, -0.1) is 0 Å². The van der Waals surface area contributed by atoms with Gasteiger partial charge in [-0.1, -0.05) is 64.1 Å². The van der Waals surface area contributed by atoms with Gasteiger partial charge in [-0.25, -0.2) is 0 Å². The molecule has 0 heterocycles. The molecule has 0 unspecified atom stereocenters. The molecule has 0 radical (unpaired) electrons. The van der Waals surface area contributed by atoms with Gasteiger partial charge < -0.3 is 0 Å². The van der Waals surface area contributed by atoms with Crippen molar-refractivity contribution in [3.05, 3.63) is 64.1 Å². The maximum atomic E-state index is 2.49. The van der Waals surface area contributed by atoms with Crippen LogP contribution in [0.2, 0.25) is 0 Å². The molecular weight excluding hydrogens is 244 g/mol. The summed E-state index contributed by atoms with van der Waals surface area (Å²) < 4.78 is 0. The van der Waals surface area contributed by atoms with Crippen LogP contribution in [0.25, 0.3) is 0 Å². The van der Waals surface area contributed by atoms with Crippen molar-refractivity contribution in [2.45, 2.75) is 41.5 Å². The number of benzene rings is 1. The Morgan fingerprint density at radius 2 is 1.05 bits per heavy atom. The number of hydrogen-bond donors (Lipinski definition) is 0. The highest BCUT2D eigenvalue weighted by Gasteiger charge is 2.27. The van der Waals surface area contributed by atoms with Gasteiger partial charge in [-0.2, -0.15) is 0 Å². The Hall–Kier alpha value is -1.34. The molecule has 0 N–H and O–H groups in total. The van der Waals surface area contributed by atoms with Crippen molar-refractivity contribution in [3.8, 4) is 0 Å². The molecule has 0 saturated carbocycles. The Bertz CT molecular complexity index is 446. The van der Waals surface area contributed by atoms with Crippen molar-refractivity contribution >= 4 is 13.3 Å². The summed E-state index contributed by atoms with van der Waals surface area (Å²) in [4.78, 5) is 0. The van der Waals surface area contributed by atoms with Crippen LogP contribution in [0.15, 0.2) is 64.1 Å². The number of allylic oxidation sites excluding steroid dienone is 3. The van der Waals surface area contributed by atoms with E-state index in [1.54, 1.807) is 0 Å². The SMILES string of the molecule is CC(C)=C[Si](C=C(C)C)(C=C(C)C)c1ccccc1. The average Bonchev–Trinajstić information content (AvgIpc) is 2.27. The van der Waals surface area contributed by atoms with Crippen molar-refractivity contribution in [2.75, 3.05) is 0 Å². The molecule has 0 amide bonds. The lowest BCUT2D eigenvalue weighted by molar-refractivity contribution is 1.38. The zero-order valence-corrected chi connectivity index (χ0v) is 14.1. The quantitative estimate of drug-likeness (QED) is 0.686. The van der Waals surface area contributed by atoms with Crippen molar-refractivity contribution < 1.29 is 0 Å². The van der Waals surface area contributed by atoms with Gasteiger partial charge >= 0.3 is 0 Å². The second-order valence-electron chi connectivity index (χ2n) is 5.96. The minimum Gasteiger partial charge on any atom is -0.0840 e. The van der Waals surface area contributed by atoms with Crippen LogP contribution < -0.4 is 5.19 Å². The first-order valence-corrected chi connectivity index (χ1v) is 9.12. The van der Waals surface area contributed by atoms with Gasteiger partial charge in [0.25, 0.3) is 0 Å². The van der Waals surface area contributed by atoms with Crippen LogP contribution in [0.3, 0.4) is 0 Å². The fourth-order valence-corrected chi connectivity index (χ4v) is 6.92. The molecule has 1 rings (SSSR count). The minimum absolute atomic E-state index is 1.39. The fraction of sp³-hybridized carbons (Fsp3) is 0.333. The van der Waals surface area contributed by atoms with E-state index in [4.69, 9.17) is 0 Å². The summed E-state index contributed by atoms with van der Waals surface area (Å²) in [5, 5.41) is 1.46. The monoisotopic (exact) mass is 270 g/mol. The summed E-state index contributed by atoms with van der Waals surface area (Å²) in [7, 11) is -1.85. The third kappa shape index (κ3) is 4.68. The summed E-state index contributed by atoms with van der Waals surface area (Å²) in [6.07, 6.45) is 0. The predicted octanol–water partition coefficient (Wildman–Crippen LogP) is 4.86. The maximum absolute atomic E-state index is 2.49. The van der Waals surface area contributed by atoms with E-state index >= 15 is 0 Å². The van der Waals surface area contributed by atoms with E-state index in [1.807, 2.05) is 0 Å². The fourth-order valence-electron chi connectivity index (χ4n) is 2.53. The topological polar surface area (TPSA) is 0 Å². The van der Waals surface area contributed by atoms with Crippen LogP contribution in [0.1, 0.15) is 41.5 Å². The van der Waals surface area contributed by atoms with Crippen molar-refractivity contribution in [2.24, 2.45) is 0 Å². The molecule has 0 aromatic heterocycles. The van der Waals surface area contributed by atoms with E-state index in [2.05, 4.69) is 89.0 Å². The summed E-state index contributed by atoms with van der Waals surface area (Å²) in [6, 6.07) is 10.9. The van der Waals surface area contributed by atoms with E-state index < -0.39 is 8.07 Å². The number of hydrogen-bond acceptors (Lipinski definition) is 0. The first-order valence-electron chi connectivity index (χ1n) is 6.89. The molecule has 1 aromatic carbocycles. The first kappa shape index (κ1) is 15.7. The van der Waals surface area contributed by atoms with E-state index in [1.165, 1.54) is 21.9 Å². The zero-order valence-electron chi connectivity index (χ0n) is 13.1. The van der Waals surface area contributed by atoms with Crippen molar-refractivity contribution in [1.29, 1.82) is 0 Å². The predicted molar refractivity (Wildman–Crippen MR) is 90.1 cm³/mol.